The largest absolute Gasteiger partial charge is 0.494 e. The highest BCUT2D eigenvalue weighted by atomic mass is 32.2. The Morgan fingerprint density at radius 2 is 2.26 bits per heavy atom. The van der Waals surface area contributed by atoms with Crippen LogP contribution in [0.15, 0.2) is 12.1 Å². The van der Waals surface area contributed by atoms with E-state index in [1.54, 1.807) is 0 Å². The summed E-state index contributed by atoms with van der Waals surface area (Å²) < 4.78 is 11.6. The van der Waals surface area contributed by atoms with E-state index >= 15 is 0 Å². The summed E-state index contributed by atoms with van der Waals surface area (Å²) >= 11 is 7.18. The number of fused-ring (bicyclic) bond motifs is 1. The molecule has 0 radical (unpaired) electrons. The summed E-state index contributed by atoms with van der Waals surface area (Å²) in [5.41, 5.74) is 2.30. The van der Waals surface area contributed by atoms with Gasteiger partial charge in [-0.25, -0.2) is 0 Å². The highest BCUT2D eigenvalue weighted by molar-refractivity contribution is 7.98. The summed E-state index contributed by atoms with van der Waals surface area (Å²) in [6.45, 7) is 6.28. The zero-order valence-electron chi connectivity index (χ0n) is 14.1. The first-order valence-electron chi connectivity index (χ1n) is 8.10. The van der Waals surface area contributed by atoms with E-state index in [4.69, 9.17) is 21.7 Å². The van der Waals surface area contributed by atoms with Crippen molar-refractivity contribution >= 4 is 29.1 Å². The maximum absolute atomic E-state index is 5.85. The minimum atomic E-state index is 0.238. The van der Waals surface area contributed by atoms with Crippen LogP contribution in [-0.2, 0) is 13.0 Å². The van der Waals surface area contributed by atoms with Gasteiger partial charge < -0.3 is 20.1 Å². The maximum Gasteiger partial charge on any atom is 0.166 e. The second-order valence-electron chi connectivity index (χ2n) is 5.59. The first kappa shape index (κ1) is 18.2. The lowest BCUT2D eigenvalue weighted by Crippen LogP contribution is -2.35. The molecule has 23 heavy (non-hydrogen) atoms. The molecule has 1 aromatic rings. The molecule has 128 valence electrons. The molecule has 1 atom stereocenters. The van der Waals surface area contributed by atoms with Gasteiger partial charge in [0.15, 0.2) is 5.11 Å². The van der Waals surface area contributed by atoms with Gasteiger partial charge in [-0.05, 0) is 56.6 Å². The van der Waals surface area contributed by atoms with Crippen LogP contribution in [0.3, 0.4) is 0 Å². The molecule has 0 unspecified atom stereocenters. The van der Waals surface area contributed by atoms with Crippen molar-refractivity contribution in [2.24, 2.45) is 0 Å². The van der Waals surface area contributed by atoms with Crippen molar-refractivity contribution < 1.29 is 9.47 Å². The van der Waals surface area contributed by atoms with E-state index in [9.17, 15) is 0 Å². The summed E-state index contributed by atoms with van der Waals surface area (Å²) in [6, 6.07) is 4.18. The Morgan fingerprint density at radius 3 is 3.00 bits per heavy atom. The molecular formula is C17H26N2O2S2. The van der Waals surface area contributed by atoms with Gasteiger partial charge in [-0.15, -0.1) is 0 Å². The standard InChI is InChI=1S/C17H26N2O2S2/c1-4-20-15-9-13-8-12(2)21-16(13)10-14(15)11-19-17(22)18-6-5-7-23-3/h9-10,12H,4-8,11H2,1-3H3,(H2,18,19,22)/t12-/m0/s1. The Bertz CT molecular complexity index is 538. The topological polar surface area (TPSA) is 42.5 Å². The average Bonchev–Trinajstić information content (AvgIpc) is 2.88. The molecule has 1 aromatic carbocycles. The molecule has 0 saturated carbocycles. The SMILES string of the molecule is CCOc1cc2c(cc1CNC(=S)NCCCSC)O[C@@H](C)C2. The molecule has 6 heteroatoms. The van der Waals surface area contributed by atoms with Gasteiger partial charge in [0.2, 0.25) is 0 Å². The van der Waals surface area contributed by atoms with Crippen molar-refractivity contribution in [3.63, 3.8) is 0 Å². The number of hydrogen-bond donors (Lipinski definition) is 2. The van der Waals surface area contributed by atoms with Gasteiger partial charge in [0.05, 0.1) is 6.61 Å². The van der Waals surface area contributed by atoms with Crippen LogP contribution < -0.4 is 20.1 Å². The van der Waals surface area contributed by atoms with Crippen LogP contribution in [0.5, 0.6) is 11.5 Å². The van der Waals surface area contributed by atoms with Crippen molar-refractivity contribution in [3.05, 3.63) is 23.3 Å². The number of thiocarbonyl (C=S) groups is 1. The summed E-state index contributed by atoms with van der Waals surface area (Å²) in [4.78, 5) is 0. The van der Waals surface area contributed by atoms with Crippen LogP contribution in [0.25, 0.3) is 0 Å². The molecule has 0 spiro atoms. The molecule has 4 nitrogen and oxygen atoms in total. The van der Waals surface area contributed by atoms with Gasteiger partial charge in [-0.1, -0.05) is 0 Å². The van der Waals surface area contributed by atoms with E-state index < -0.39 is 0 Å². The normalized spacial score (nSPS) is 15.7. The summed E-state index contributed by atoms with van der Waals surface area (Å²) in [7, 11) is 0. The Hall–Kier alpha value is -1.14. The van der Waals surface area contributed by atoms with Crippen molar-refractivity contribution in [3.8, 4) is 11.5 Å². The minimum Gasteiger partial charge on any atom is -0.494 e. The number of nitrogens with one attached hydrogen (secondary N) is 2. The van der Waals surface area contributed by atoms with Crippen LogP contribution in [-0.4, -0.2) is 36.4 Å². The van der Waals surface area contributed by atoms with Gasteiger partial charge in [0.25, 0.3) is 0 Å². The lowest BCUT2D eigenvalue weighted by molar-refractivity contribution is 0.254. The monoisotopic (exact) mass is 354 g/mol. The molecule has 0 aromatic heterocycles. The predicted octanol–water partition coefficient (Wildman–Crippen LogP) is 3.13. The highest BCUT2D eigenvalue weighted by Gasteiger charge is 2.21. The van der Waals surface area contributed by atoms with E-state index in [1.807, 2.05) is 18.7 Å². The van der Waals surface area contributed by atoms with E-state index in [0.717, 1.165) is 42.2 Å². The van der Waals surface area contributed by atoms with E-state index in [0.29, 0.717) is 18.3 Å². The lowest BCUT2D eigenvalue weighted by atomic mass is 10.1. The van der Waals surface area contributed by atoms with Crippen molar-refractivity contribution in [2.45, 2.75) is 39.3 Å². The molecule has 0 fully saturated rings. The highest BCUT2D eigenvalue weighted by Crippen LogP contribution is 2.35. The predicted molar refractivity (Wildman–Crippen MR) is 102 cm³/mol. The fourth-order valence-electron chi connectivity index (χ4n) is 2.57. The molecule has 0 aliphatic carbocycles. The van der Waals surface area contributed by atoms with Crippen LogP contribution in [0.2, 0.25) is 0 Å². The van der Waals surface area contributed by atoms with Gasteiger partial charge >= 0.3 is 0 Å². The zero-order valence-corrected chi connectivity index (χ0v) is 15.7. The third kappa shape index (κ3) is 5.46. The fourth-order valence-corrected chi connectivity index (χ4v) is 3.17. The van der Waals surface area contributed by atoms with Crippen LogP contribution >= 0.6 is 24.0 Å². The second-order valence-corrected chi connectivity index (χ2v) is 6.98. The quantitative estimate of drug-likeness (QED) is 0.552. The Balaban J connectivity index is 1.93. The molecule has 1 aliphatic heterocycles. The first-order valence-corrected chi connectivity index (χ1v) is 9.90. The van der Waals surface area contributed by atoms with E-state index in [2.05, 4.69) is 35.9 Å². The molecule has 0 amide bonds. The lowest BCUT2D eigenvalue weighted by Gasteiger charge is -2.15. The molecule has 1 aliphatic rings. The second kappa shape index (κ2) is 9.23. The smallest absolute Gasteiger partial charge is 0.166 e. The van der Waals surface area contributed by atoms with E-state index in [1.165, 1.54) is 5.56 Å². The van der Waals surface area contributed by atoms with Gasteiger partial charge in [0, 0.05) is 30.6 Å². The molecule has 1 heterocycles. The fraction of sp³-hybridized carbons (Fsp3) is 0.588. The van der Waals surface area contributed by atoms with Gasteiger partial charge in [0.1, 0.15) is 17.6 Å². The third-order valence-electron chi connectivity index (χ3n) is 3.63. The van der Waals surface area contributed by atoms with Crippen molar-refractivity contribution in [2.75, 3.05) is 25.2 Å². The molecule has 0 saturated heterocycles. The van der Waals surface area contributed by atoms with Crippen LogP contribution in [0, 0.1) is 0 Å². The number of rotatable bonds is 8. The van der Waals surface area contributed by atoms with Crippen molar-refractivity contribution in [1.82, 2.24) is 10.6 Å². The minimum absolute atomic E-state index is 0.238. The maximum atomic E-state index is 5.85. The Kier molecular flexibility index (Phi) is 7.30. The Labute approximate surface area is 148 Å². The Morgan fingerprint density at radius 1 is 1.43 bits per heavy atom. The van der Waals surface area contributed by atoms with Crippen LogP contribution in [0.4, 0.5) is 0 Å². The summed E-state index contributed by atoms with van der Waals surface area (Å²) in [5, 5.41) is 7.17. The molecular weight excluding hydrogens is 328 g/mol. The number of ether oxygens (including phenoxy) is 2. The number of benzene rings is 1. The number of hydrogen-bond acceptors (Lipinski definition) is 4. The van der Waals surface area contributed by atoms with Gasteiger partial charge in [-0.2, -0.15) is 11.8 Å². The van der Waals surface area contributed by atoms with Gasteiger partial charge in [-0.3, -0.25) is 0 Å². The van der Waals surface area contributed by atoms with E-state index in [-0.39, 0.29) is 6.10 Å². The molecule has 0 bridgehead atoms. The number of thioether (sulfide) groups is 1. The summed E-state index contributed by atoms with van der Waals surface area (Å²) in [5.74, 6) is 3.03. The first-order chi connectivity index (χ1) is 11.1. The third-order valence-corrected chi connectivity index (χ3v) is 4.61. The zero-order chi connectivity index (χ0) is 16.7. The summed E-state index contributed by atoms with van der Waals surface area (Å²) in [6.07, 6.45) is 4.40. The average molecular weight is 355 g/mol. The van der Waals surface area contributed by atoms with Crippen molar-refractivity contribution in [1.29, 1.82) is 0 Å². The van der Waals surface area contributed by atoms with Crippen LogP contribution in [0.1, 0.15) is 31.4 Å². The molecule has 2 rings (SSSR count). The molecule has 2 N–H and O–H groups in total.